The first kappa shape index (κ1) is 14.8. The summed E-state index contributed by atoms with van der Waals surface area (Å²) < 4.78 is 7.39. The van der Waals surface area contributed by atoms with Crippen molar-refractivity contribution in [1.29, 1.82) is 0 Å². The van der Waals surface area contributed by atoms with Crippen molar-refractivity contribution in [2.45, 2.75) is 13.0 Å². The fraction of sp³-hybridized carbons (Fsp3) is 0.294. The molecule has 7 nitrogen and oxygen atoms in total. The topological polar surface area (TPSA) is 72.6 Å². The Bertz CT molecular complexity index is 877. The lowest BCUT2D eigenvalue weighted by Crippen LogP contribution is -2.42. The minimum atomic E-state index is -0.191. The van der Waals surface area contributed by atoms with Gasteiger partial charge in [-0.1, -0.05) is 30.3 Å². The molecule has 4 rings (SSSR count). The Hall–Kier alpha value is -2.80. The highest BCUT2D eigenvalue weighted by atomic mass is 16.5. The highest BCUT2D eigenvalue weighted by molar-refractivity contribution is 5.91. The van der Waals surface area contributed by atoms with Gasteiger partial charge in [0.15, 0.2) is 0 Å². The summed E-state index contributed by atoms with van der Waals surface area (Å²) in [5.41, 5.74) is 1.95. The molecule has 0 saturated carbocycles. The third-order valence-corrected chi connectivity index (χ3v) is 4.15. The average Bonchev–Trinajstić information content (AvgIpc) is 3.08. The molecule has 0 spiro atoms. The summed E-state index contributed by atoms with van der Waals surface area (Å²) in [4.78, 5) is 22.9. The molecule has 1 aliphatic heterocycles. The second kappa shape index (κ2) is 6.01. The molecule has 0 bridgehead atoms. The number of carbonyl (C=O) groups is 1. The number of nitrogens with zero attached hydrogens (tertiary/aromatic N) is 5. The smallest absolute Gasteiger partial charge is 0.293 e. The number of rotatable bonds is 2. The molecule has 1 amide bonds. The molecule has 7 heteroatoms. The molecule has 0 N–H and O–H groups in total. The first-order chi connectivity index (χ1) is 11.7. The predicted molar refractivity (Wildman–Crippen MR) is 86.6 cm³/mol. The van der Waals surface area contributed by atoms with E-state index in [2.05, 4.69) is 15.1 Å². The third-order valence-electron chi connectivity index (χ3n) is 4.15. The van der Waals surface area contributed by atoms with Crippen LogP contribution in [0.1, 0.15) is 28.0 Å². The predicted octanol–water partition coefficient (Wildman–Crippen LogP) is 1.65. The standard InChI is InChI=1S/C17H17N5O2/c1-12-7-8-18-17-19-15(20-22(12)17)16(23)21-9-10-24-14(11-21)13-5-3-2-4-6-13/h2-8,14H,9-11H2,1H3. The summed E-state index contributed by atoms with van der Waals surface area (Å²) in [6.07, 6.45) is 1.54. The second-order valence-corrected chi connectivity index (χ2v) is 5.75. The molecule has 0 radical (unpaired) electrons. The largest absolute Gasteiger partial charge is 0.370 e. The van der Waals surface area contributed by atoms with Crippen LogP contribution in [-0.2, 0) is 4.74 Å². The van der Waals surface area contributed by atoms with Crippen molar-refractivity contribution >= 4 is 11.7 Å². The van der Waals surface area contributed by atoms with Crippen molar-refractivity contribution in [1.82, 2.24) is 24.5 Å². The molecule has 1 aliphatic rings. The quantitative estimate of drug-likeness (QED) is 0.717. The maximum absolute atomic E-state index is 12.8. The molecule has 122 valence electrons. The number of morpholine rings is 1. The van der Waals surface area contributed by atoms with Crippen LogP contribution in [0.4, 0.5) is 0 Å². The van der Waals surface area contributed by atoms with Gasteiger partial charge in [0.25, 0.3) is 11.7 Å². The Kier molecular flexibility index (Phi) is 3.70. The van der Waals surface area contributed by atoms with Crippen molar-refractivity contribution in [3.63, 3.8) is 0 Å². The summed E-state index contributed by atoms with van der Waals surface area (Å²) in [5, 5.41) is 4.30. The summed E-state index contributed by atoms with van der Waals surface area (Å²) in [7, 11) is 0. The normalized spacial score (nSPS) is 18.0. The summed E-state index contributed by atoms with van der Waals surface area (Å²) in [6, 6.07) is 11.8. The van der Waals surface area contributed by atoms with Gasteiger partial charge in [-0.15, -0.1) is 5.10 Å². The number of fused-ring (bicyclic) bond motifs is 1. The van der Waals surface area contributed by atoms with Crippen LogP contribution in [0.15, 0.2) is 42.6 Å². The molecule has 2 aromatic heterocycles. The molecular formula is C17H17N5O2. The van der Waals surface area contributed by atoms with Crippen molar-refractivity contribution < 1.29 is 9.53 Å². The van der Waals surface area contributed by atoms with Gasteiger partial charge in [0, 0.05) is 18.4 Å². The third kappa shape index (κ3) is 2.63. The molecule has 3 aromatic rings. The Morgan fingerprint density at radius 1 is 1.25 bits per heavy atom. The van der Waals surface area contributed by atoms with Gasteiger partial charge in [0.05, 0.1) is 13.2 Å². The van der Waals surface area contributed by atoms with Crippen LogP contribution in [0.25, 0.3) is 5.78 Å². The fourth-order valence-corrected chi connectivity index (χ4v) is 2.84. The van der Waals surface area contributed by atoms with Crippen LogP contribution >= 0.6 is 0 Å². The Balaban J connectivity index is 1.58. The maximum atomic E-state index is 12.8. The van der Waals surface area contributed by atoms with Crippen molar-refractivity contribution in [3.05, 3.63) is 59.7 Å². The first-order valence-electron chi connectivity index (χ1n) is 7.86. The van der Waals surface area contributed by atoms with Crippen LogP contribution in [0, 0.1) is 6.92 Å². The summed E-state index contributed by atoms with van der Waals surface area (Å²) in [5.74, 6) is 0.417. The van der Waals surface area contributed by atoms with Crippen LogP contribution in [0.3, 0.4) is 0 Å². The zero-order chi connectivity index (χ0) is 16.5. The number of hydrogen-bond acceptors (Lipinski definition) is 5. The van der Waals surface area contributed by atoms with Crippen molar-refractivity contribution in [2.75, 3.05) is 19.7 Å². The van der Waals surface area contributed by atoms with E-state index in [1.807, 2.05) is 43.3 Å². The van der Waals surface area contributed by atoms with Crippen LogP contribution in [0.5, 0.6) is 0 Å². The number of ether oxygens (including phenoxy) is 1. The molecule has 1 atom stereocenters. The van der Waals surface area contributed by atoms with E-state index in [1.54, 1.807) is 15.6 Å². The van der Waals surface area contributed by atoms with E-state index in [9.17, 15) is 4.79 Å². The highest BCUT2D eigenvalue weighted by Crippen LogP contribution is 2.22. The van der Waals surface area contributed by atoms with Gasteiger partial charge in [-0.2, -0.15) is 4.98 Å². The van der Waals surface area contributed by atoms with Gasteiger partial charge in [-0.05, 0) is 18.6 Å². The number of hydrogen-bond donors (Lipinski definition) is 0. The minimum Gasteiger partial charge on any atom is -0.370 e. The molecular weight excluding hydrogens is 306 g/mol. The highest BCUT2D eigenvalue weighted by Gasteiger charge is 2.28. The van der Waals surface area contributed by atoms with Gasteiger partial charge >= 0.3 is 0 Å². The monoisotopic (exact) mass is 323 g/mol. The lowest BCUT2D eigenvalue weighted by Gasteiger charge is -2.32. The summed E-state index contributed by atoms with van der Waals surface area (Å²) >= 11 is 0. The Morgan fingerprint density at radius 2 is 2.08 bits per heavy atom. The number of benzene rings is 1. The van der Waals surface area contributed by atoms with Crippen LogP contribution in [0.2, 0.25) is 0 Å². The minimum absolute atomic E-state index is 0.124. The van der Waals surface area contributed by atoms with Gasteiger partial charge < -0.3 is 9.64 Å². The second-order valence-electron chi connectivity index (χ2n) is 5.75. The SMILES string of the molecule is Cc1ccnc2nc(C(=O)N3CCOC(c4ccccc4)C3)nn12. The molecule has 24 heavy (non-hydrogen) atoms. The number of aromatic nitrogens is 4. The number of aryl methyl sites for hydroxylation is 1. The molecule has 1 aromatic carbocycles. The van der Waals surface area contributed by atoms with E-state index in [0.717, 1.165) is 11.3 Å². The van der Waals surface area contributed by atoms with Crippen molar-refractivity contribution in [3.8, 4) is 0 Å². The van der Waals surface area contributed by atoms with E-state index in [-0.39, 0.29) is 17.8 Å². The first-order valence-corrected chi connectivity index (χ1v) is 7.86. The zero-order valence-corrected chi connectivity index (χ0v) is 13.3. The average molecular weight is 323 g/mol. The maximum Gasteiger partial charge on any atom is 0.293 e. The van der Waals surface area contributed by atoms with Crippen LogP contribution in [-0.4, -0.2) is 50.1 Å². The van der Waals surface area contributed by atoms with Gasteiger partial charge in [0.1, 0.15) is 6.10 Å². The molecule has 1 fully saturated rings. The van der Waals surface area contributed by atoms with E-state index in [4.69, 9.17) is 4.74 Å². The van der Waals surface area contributed by atoms with E-state index in [0.29, 0.717) is 25.5 Å². The lowest BCUT2D eigenvalue weighted by molar-refractivity contribution is -0.0232. The van der Waals surface area contributed by atoms with Crippen molar-refractivity contribution in [2.24, 2.45) is 0 Å². The van der Waals surface area contributed by atoms with Gasteiger partial charge in [-0.3, -0.25) is 4.79 Å². The number of amides is 1. The lowest BCUT2D eigenvalue weighted by atomic mass is 10.1. The molecule has 3 heterocycles. The fourth-order valence-electron chi connectivity index (χ4n) is 2.84. The Morgan fingerprint density at radius 3 is 2.88 bits per heavy atom. The van der Waals surface area contributed by atoms with E-state index in [1.165, 1.54) is 0 Å². The summed E-state index contributed by atoms with van der Waals surface area (Å²) in [6.45, 7) is 3.42. The van der Waals surface area contributed by atoms with E-state index >= 15 is 0 Å². The molecule has 1 unspecified atom stereocenters. The number of carbonyl (C=O) groups excluding carboxylic acids is 1. The zero-order valence-electron chi connectivity index (χ0n) is 13.3. The molecule has 1 saturated heterocycles. The molecule has 0 aliphatic carbocycles. The van der Waals surface area contributed by atoms with E-state index < -0.39 is 0 Å². The van der Waals surface area contributed by atoms with Gasteiger partial charge in [-0.25, -0.2) is 9.50 Å². The Labute approximate surface area is 138 Å². The van der Waals surface area contributed by atoms with Crippen LogP contribution < -0.4 is 0 Å². The van der Waals surface area contributed by atoms with Gasteiger partial charge in [0.2, 0.25) is 5.82 Å².